The lowest BCUT2D eigenvalue weighted by Gasteiger charge is -2.28. The third kappa shape index (κ3) is 7.11. The molecule has 1 aromatic carbocycles. The Morgan fingerprint density at radius 2 is 1.50 bits per heavy atom. The summed E-state index contributed by atoms with van der Waals surface area (Å²) in [6.07, 6.45) is 16.0. The molecule has 3 nitrogen and oxygen atoms in total. The number of rotatable bonds is 12. The van der Waals surface area contributed by atoms with E-state index in [1.807, 2.05) is 12.1 Å². The molecular weight excluding hydrogens is 368 g/mol. The highest BCUT2D eigenvalue weighted by atomic mass is 16.5. The van der Waals surface area contributed by atoms with Crippen LogP contribution in [0.5, 0.6) is 5.75 Å². The Kier molecular flexibility index (Phi) is 9.66. The lowest BCUT2D eigenvalue weighted by molar-refractivity contribution is 0.298. The summed E-state index contributed by atoms with van der Waals surface area (Å²) in [5.41, 5.74) is 3.22. The van der Waals surface area contributed by atoms with Gasteiger partial charge in [-0.1, -0.05) is 58.8 Å². The number of hydrogen-bond donors (Lipinski definition) is 0. The van der Waals surface area contributed by atoms with Crippen molar-refractivity contribution in [1.82, 2.24) is 10.2 Å². The maximum atomic E-state index is 5.75. The first-order chi connectivity index (χ1) is 14.8. The summed E-state index contributed by atoms with van der Waals surface area (Å²) >= 11 is 0. The Labute approximate surface area is 183 Å². The van der Waals surface area contributed by atoms with Gasteiger partial charge >= 0.3 is 0 Å². The lowest BCUT2D eigenvalue weighted by Crippen LogP contribution is -2.14. The zero-order chi connectivity index (χ0) is 21.0. The second kappa shape index (κ2) is 12.7. The van der Waals surface area contributed by atoms with E-state index in [-0.39, 0.29) is 0 Å². The zero-order valence-corrected chi connectivity index (χ0v) is 19.1. The summed E-state index contributed by atoms with van der Waals surface area (Å²) < 4.78 is 5.75. The minimum atomic E-state index is 0.595. The first-order valence-electron chi connectivity index (χ1n) is 12.4. The van der Waals surface area contributed by atoms with Gasteiger partial charge in [-0.25, -0.2) is 0 Å². The van der Waals surface area contributed by atoms with Crippen LogP contribution in [-0.2, 0) is 0 Å². The summed E-state index contributed by atoms with van der Waals surface area (Å²) in [6.45, 7) is 5.25. The van der Waals surface area contributed by atoms with Crippen molar-refractivity contribution in [2.24, 2.45) is 5.92 Å². The van der Waals surface area contributed by atoms with Crippen molar-refractivity contribution in [3.63, 3.8) is 0 Å². The van der Waals surface area contributed by atoms with Crippen LogP contribution in [0, 0.1) is 5.92 Å². The molecule has 0 unspecified atom stereocenters. The molecule has 0 amide bonds. The molecule has 3 heteroatoms. The van der Waals surface area contributed by atoms with Crippen LogP contribution in [0.1, 0.15) is 103 Å². The van der Waals surface area contributed by atoms with Crippen molar-refractivity contribution >= 4 is 0 Å². The van der Waals surface area contributed by atoms with E-state index >= 15 is 0 Å². The van der Waals surface area contributed by atoms with Gasteiger partial charge in [0.15, 0.2) is 0 Å². The van der Waals surface area contributed by atoms with Gasteiger partial charge in [0.25, 0.3) is 0 Å². The first kappa shape index (κ1) is 22.8. The van der Waals surface area contributed by atoms with Gasteiger partial charge in [-0.05, 0) is 74.4 Å². The van der Waals surface area contributed by atoms with Crippen molar-refractivity contribution < 1.29 is 4.74 Å². The SMILES string of the molecule is CCCCCCC[C@H]1CC[C@H](c2ccc(-c3ccc(OCCCC)cc3)nn2)CC1. The van der Waals surface area contributed by atoms with Crippen molar-refractivity contribution in [2.75, 3.05) is 6.61 Å². The molecule has 1 heterocycles. The molecule has 0 N–H and O–H groups in total. The van der Waals surface area contributed by atoms with E-state index in [2.05, 4.69) is 48.3 Å². The monoisotopic (exact) mass is 408 g/mol. The molecule has 30 heavy (non-hydrogen) atoms. The smallest absolute Gasteiger partial charge is 0.119 e. The lowest BCUT2D eigenvalue weighted by atomic mass is 9.78. The summed E-state index contributed by atoms with van der Waals surface area (Å²) in [5.74, 6) is 2.46. The molecule has 0 bridgehead atoms. The van der Waals surface area contributed by atoms with Crippen molar-refractivity contribution in [2.45, 2.75) is 96.8 Å². The van der Waals surface area contributed by atoms with Crippen LogP contribution in [0.3, 0.4) is 0 Å². The molecule has 1 aliphatic carbocycles. The van der Waals surface area contributed by atoms with Crippen LogP contribution in [0.4, 0.5) is 0 Å². The van der Waals surface area contributed by atoms with Gasteiger partial charge < -0.3 is 4.74 Å². The molecule has 0 aliphatic heterocycles. The molecule has 0 spiro atoms. The Morgan fingerprint density at radius 1 is 0.767 bits per heavy atom. The number of nitrogens with zero attached hydrogens (tertiary/aromatic N) is 2. The van der Waals surface area contributed by atoms with Crippen LogP contribution < -0.4 is 4.74 Å². The number of ether oxygens (including phenoxy) is 1. The van der Waals surface area contributed by atoms with Crippen LogP contribution in [0.2, 0.25) is 0 Å². The highest BCUT2D eigenvalue weighted by Gasteiger charge is 2.23. The first-order valence-corrected chi connectivity index (χ1v) is 12.4. The van der Waals surface area contributed by atoms with Crippen LogP contribution >= 0.6 is 0 Å². The van der Waals surface area contributed by atoms with Crippen LogP contribution in [0.25, 0.3) is 11.3 Å². The Bertz CT molecular complexity index is 703. The molecule has 1 aliphatic rings. The molecule has 2 aromatic rings. The number of benzene rings is 1. The van der Waals surface area contributed by atoms with E-state index in [1.54, 1.807) is 0 Å². The predicted octanol–water partition coefficient (Wildman–Crippen LogP) is 7.96. The second-order valence-corrected chi connectivity index (χ2v) is 8.99. The second-order valence-electron chi connectivity index (χ2n) is 8.99. The van der Waals surface area contributed by atoms with Crippen molar-refractivity contribution in [1.29, 1.82) is 0 Å². The molecule has 1 fully saturated rings. The average molecular weight is 409 g/mol. The van der Waals surface area contributed by atoms with E-state index in [4.69, 9.17) is 4.74 Å². The third-order valence-corrected chi connectivity index (χ3v) is 6.58. The summed E-state index contributed by atoms with van der Waals surface area (Å²) in [6, 6.07) is 12.6. The molecule has 1 aromatic heterocycles. The van der Waals surface area contributed by atoms with Crippen molar-refractivity contribution in [3.8, 4) is 17.0 Å². The maximum absolute atomic E-state index is 5.75. The molecule has 3 rings (SSSR count). The van der Waals surface area contributed by atoms with Gasteiger partial charge in [-0.15, -0.1) is 0 Å². The van der Waals surface area contributed by atoms with Gasteiger partial charge in [0.2, 0.25) is 0 Å². The van der Waals surface area contributed by atoms with Gasteiger partial charge in [0.05, 0.1) is 18.0 Å². The fraction of sp³-hybridized carbons (Fsp3) is 0.630. The third-order valence-electron chi connectivity index (χ3n) is 6.58. The summed E-state index contributed by atoms with van der Waals surface area (Å²) in [4.78, 5) is 0. The fourth-order valence-corrected chi connectivity index (χ4v) is 4.55. The quantitative estimate of drug-likeness (QED) is 0.334. The number of hydrogen-bond acceptors (Lipinski definition) is 3. The molecule has 1 saturated carbocycles. The molecular formula is C27H40N2O. The van der Waals surface area contributed by atoms with Crippen LogP contribution in [-0.4, -0.2) is 16.8 Å². The standard InChI is InChI=1S/C27H40N2O/c1-3-5-7-8-9-10-22-11-13-23(14-12-22)26-19-20-27(29-28-26)24-15-17-25(18-16-24)30-21-6-4-2/h15-20,22-23H,3-14,21H2,1-2H3/t22-,23-. The molecule has 0 radical (unpaired) electrons. The van der Waals surface area contributed by atoms with E-state index in [1.165, 1.54) is 69.9 Å². The number of unbranched alkanes of at least 4 members (excludes halogenated alkanes) is 5. The largest absolute Gasteiger partial charge is 0.494 e. The topological polar surface area (TPSA) is 35.0 Å². The summed E-state index contributed by atoms with van der Waals surface area (Å²) in [5, 5.41) is 9.14. The zero-order valence-electron chi connectivity index (χ0n) is 19.1. The highest BCUT2D eigenvalue weighted by molar-refractivity contribution is 5.59. The van der Waals surface area contributed by atoms with E-state index in [9.17, 15) is 0 Å². The Morgan fingerprint density at radius 3 is 2.17 bits per heavy atom. The Balaban J connectivity index is 1.44. The highest BCUT2D eigenvalue weighted by Crippen LogP contribution is 2.37. The normalized spacial score (nSPS) is 19.0. The number of aromatic nitrogens is 2. The van der Waals surface area contributed by atoms with E-state index in [0.29, 0.717) is 5.92 Å². The molecule has 164 valence electrons. The van der Waals surface area contributed by atoms with Crippen molar-refractivity contribution in [3.05, 3.63) is 42.1 Å². The molecule has 0 atom stereocenters. The minimum Gasteiger partial charge on any atom is -0.494 e. The Hall–Kier alpha value is -1.90. The van der Waals surface area contributed by atoms with E-state index in [0.717, 1.165) is 42.4 Å². The summed E-state index contributed by atoms with van der Waals surface area (Å²) in [7, 11) is 0. The minimum absolute atomic E-state index is 0.595. The van der Waals surface area contributed by atoms with Crippen LogP contribution in [0.15, 0.2) is 36.4 Å². The average Bonchev–Trinajstić information content (AvgIpc) is 2.80. The van der Waals surface area contributed by atoms with Gasteiger partial charge in [-0.2, -0.15) is 10.2 Å². The van der Waals surface area contributed by atoms with Gasteiger partial charge in [0.1, 0.15) is 5.75 Å². The maximum Gasteiger partial charge on any atom is 0.119 e. The van der Waals surface area contributed by atoms with Gasteiger partial charge in [0, 0.05) is 11.5 Å². The van der Waals surface area contributed by atoms with E-state index < -0.39 is 0 Å². The predicted molar refractivity (Wildman–Crippen MR) is 126 cm³/mol. The van der Waals surface area contributed by atoms with Gasteiger partial charge in [-0.3, -0.25) is 0 Å². The molecule has 0 saturated heterocycles. The fourth-order valence-electron chi connectivity index (χ4n) is 4.55.